The van der Waals surface area contributed by atoms with Crippen molar-refractivity contribution in [3.05, 3.63) is 50.6 Å². The van der Waals surface area contributed by atoms with Crippen LogP contribution in [0.25, 0.3) is 0 Å². The Hall–Kier alpha value is -1.22. The lowest BCUT2D eigenvalue weighted by Gasteiger charge is -2.14. The van der Waals surface area contributed by atoms with E-state index in [1.165, 1.54) is 0 Å². The van der Waals surface area contributed by atoms with Crippen LogP contribution in [0.1, 0.15) is 28.2 Å². The summed E-state index contributed by atoms with van der Waals surface area (Å²) in [6.07, 6.45) is 0. The fourth-order valence-corrected chi connectivity index (χ4v) is 5.38. The van der Waals surface area contributed by atoms with Crippen LogP contribution in [0, 0.1) is 0 Å². The molecule has 0 amide bonds. The normalized spacial score (nSPS) is 13.0. The molecule has 0 unspecified atom stereocenters. The topological polar surface area (TPSA) is 83.5 Å². The van der Waals surface area contributed by atoms with Crippen LogP contribution in [0.15, 0.2) is 45.1 Å². The van der Waals surface area contributed by atoms with Gasteiger partial charge in [0.1, 0.15) is 9.77 Å². The first-order valence-corrected chi connectivity index (χ1v) is 9.00. The van der Waals surface area contributed by atoms with Gasteiger partial charge in [0.25, 0.3) is 0 Å². The van der Waals surface area contributed by atoms with Crippen molar-refractivity contribution in [3.63, 3.8) is 0 Å². The Bertz CT molecular complexity index is 756. The quantitative estimate of drug-likeness (QED) is 0.821. The summed E-state index contributed by atoms with van der Waals surface area (Å²) in [7, 11) is -3.80. The van der Waals surface area contributed by atoms with E-state index in [1.807, 2.05) is 30.3 Å². The Morgan fingerprint density at radius 2 is 1.95 bits per heavy atom. The minimum absolute atomic E-state index is 0.0328. The van der Waals surface area contributed by atoms with Gasteiger partial charge in [0.05, 0.1) is 3.79 Å². The third-order valence-corrected chi connectivity index (χ3v) is 6.57. The third kappa shape index (κ3) is 3.70. The number of hydrogen-bond acceptors (Lipinski definition) is 4. The first-order valence-electron chi connectivity index (χ1n) is 5.91. The molecule has 0 bridgehead atoms. The molecule has 0 spiro atoms. The van der Waals surface area contributed by atoms with Gasteiger partial charge in [-0.25, -0.2) is 17.9 Å². The van der Waals surface area contributed by atoms with Crippen molar-refractivity contribution in [2.75, 3.05) is 0 Å². The highest BCUT2D eigenvalue weighted by molar-refractivity contribution is 9.11. The van der Waals surface area contributed by atoms with Crippen molar-refractivity contribution < 1.29 is 18.3 Å². The first kappa shape index (κ1) is 16.2. The summed E-state index contributed by atoms with van der Waals surface area (Å²) in [5.41, 5.74) is 0.825. The fraction of sp³-hybridized carbons (Fsp3) is 0.154. The summed E-state index contributed by atoms with van der Waals surface area (Å²) in [5.74, 6) is -1.15. The maximum absolute atomic E-state index is 12.3. The summed E-state index contributed by atoms with van der Waals surface area (Å²) in [5, 5.41) is 8.92. The zero-order valence-electron chi connectivity index (χ0n) is 10.9. The van der Waals surface area contributed by atoms with E-state index in [0.717, 1.165) is 23.0 Å². The number of thiophene rings is 1. The first-order chi connectivity index (χ1) is 9.81. The molecule has 0 saturated heterocycles. The molecule has 2 rings (SSSR count). The smallest absolute Gasteiger partial charge is 0.345 e. The number of carboxylic acids is 1. The second-order valence-electron chi connectivity index (χ2n) is 4.31. The second-order valence-corrected chi connectivity index (χ2v) is 8.36. The summed E-state index contributed by atoms with van der Waals surface area (Å²) < 4.78 is 27.5. The van der Waals surface area contributed by atoms with Crippen LogP contribution in [-0.2, 0) is 10.0 Å². The zero-order valence-corrected chi connectivity index (χ0v) is 14.1. The lowest BCUT2D eigenvalue weighted by Crippen LogP contribution is -2.26. The molecular weight excluding hydrogens is 378 g/mol. The van der Waals surface area contributed by atoms with Gasteiger partial charge >= 0.3 is 5.97 Å². The van der Waals surface area contributed by atoms with Gasteiger partial charge in [-0.3, -0.25) is 0 Å². The van der Waals surface area contributed by atoms with Gasteiger partial charge < -0.3 is 5.11 Å². The van der Waals surface area contributed by atoms with Gasteiger partial charge in [-0.2, -0.15) is 0 Å². The lowest BCUT2D eigenvalue weighted by molar-refractivity contribution is 0.0702. The van der Waals surface area contributed by atoms with Crippen molar-refractivity contribution in [2.24, 2.45) is 0 Å². The largest absolute Gasteiger partial charge is 0.477 e. The third-order valence-electron chi connectivity index (χ3n) is 2.79. The van der Waals surface area contributed by atoms with Crippen molar-refractivity contribution in [3.8, 4) is 0 Å². The Morgan fingerprint density at radius 1 is 1.33 bits per heavy atom. The van der Waals surface area contributed by atoms with E-state index >= 15 is 0 Å². The Morgan fingerprint density at radius 3 is 2.48 bits per heavy atom. The Balaban J connectivity index is 2.29. The summed E-state index contributed by atoms with van der Waals surface area (Å²) in [6.45, 7) is 1.73. The zero-order chi connectivity index (χ0) is 15.6. The molecule has 112 valence electrons. The minimum atomic E-state index is -3.80. The van der Waals surface area contributed by atoms with Crippen molar-refractivity contribution >= 4 is 43.3 Å². The number of sulfonamides is 1. The van der Waals surface area contributed by atoms with Crippen LogP contribution < -0.4 is 4.72 Å². The van der Waals surface area contributed by atoms with Gasteiger partial charge in [-0.15, -0.1) is 11.3 Å². The lowest BCUT2D eigenvalue weighted by atomic mass is 10.1. The number of halogens is 1. The van der Waals surface area contributed by atoms with Crippen LogP contribution in [0.5, 0.6) is 0 Å². The molecule has 2 N–H and O–H groups in total. The minimum Gasteiger partial charge on any atom is -0.477 e. The number of aromatic carboxylic acids is 1. The van der Waals surface area contributed by atoms with E-state index < -0.39 is 22.0 Å². The monoisotopic (exact) mass is 389 g/mol. The molecule has 0 radical (unpaired) electrons. The molecular formula is C13H12BrNO4S2. The molecule has 0 aliphatic heterocycles. The number of carbonyl (C=O) groups is 1. The van der Waals surface area contributed by atoms with E-state index in [-0.39, 0.29) is 13.6 Å². The van der Waals surface area contributed by atoms with Crippen LogP contribution in [0.4, 0.5) is 0 Å². The maximum Gasteiger partial charge on any atom is 0.345 e. The predicted octanol–water partition coefficient (Wildman–Crippen LogP) is 3.25. The van der Waals surface area contributed by atoms with Crippen molar-refractivity contribution in [2.45, 2.75) is 17.9 Å². The molecule has 5 nitrogen and oxygen atoms in total. The van der Waals surface area contributed by atoms with Crippen LogP contribution in [0.2, 0.25) is 0 Å². The SMILES string of the molecule is C[C@H](NS(=O)(=O)c1cc(C(=O)O)sc1Br)c1ccccc1. The highest BCUT2D eigenvalue weighted by Crippen LogP contribution is 2.32. The average molecular weight is 390 g/mol. The van der Waals surface area contributed by atoms with Crippen molar-refractivity contribution in [1.82, 2.24) is 4.72 Å². The molecule has 8 heteroatoms. The molecule has 0 aliphatic carbocycles. The molecule has 1 aromatic heterocycles. The van der Waals surface area contributed by atoms with Gasteiger partial charge in [0.2, 0.25) is 10.0 Å². The summed E-state index contributed by atoms with van der Waals surface area (Å²) >= 11 is 3.97. The molecule has 0 fully saturated rings. The van der Waals surface area contributed by atoms with E-state index in [1.54, 1.807) is 6.92 Å². The fourth-order valence-electron chi connectivity index (χ4n) is 1.75. The van der Waals surface area contributed by atoms with Gasteiger partial charge in [0.15, 0.2) is 0 Å². The highest BCUT2D eigenvalue weighted by atomic mass is 79.9. The standard InChI is InChI=1S/C13H12BrNO4S2/c1-8(9-5-3-2-4-6-9)15-21(18,19)11-7-10(13(16)17)20-12(11)14/h2-8,15H,1H3,(H,16,17)/t8-/m0/s1. The molecule has 1 aromatic carbocycles. The molecule has 0 aliphatic rings. The summed E-state index contributed by atoms with van der Waals surface area (Å²) in [4.78, 5) is 10.8. The molecule has 1 heterocycles. The van der Waals surface area contributed by atoms with E-state index in [2.05, 4.69) is 20.7 Å². The molecule has 1 atom stereocenters. The number of nitrogens with one attached hydrogen (secondary N) is 1. The van der Waals surface area contributed by atoms with Crippen LogP contribution in [-0.4, -0.2) is 19.5 Å². The van der Waals surface area contributed by atoms with E-state index in [4.69, 9.17) is 5.11 Å². The second kappa shape index (κ2) is 6.27. The van der Waals surface area contributed by atoms with E-state index in [9.17, 15) is 13.2 Å². The van der Waals surface area contributed by atoms with Gasteiger partial charge in [0, 0.05) is 6.04 Å². The van der Waals surface area contributed by atoms with Gasteiger partial charge in [-0.1, -0.05) is 30.3 Å². The number of rotatable bonds is 5. The van der Waals surface area contributed by atoms with Gasteiger partial charge in [-0.05, 0) is 34.5 Å². The number of benzene rings is 1. The highest BCUT2D eigenvalue weighted by Gasteiger charge is 2.25. The molecule has 21 heavy (non-hydrogen) atoms. The molecule has 2 aromatic rings. The maximum atomic E-state index is 12.3. The molecule has 0 saturated carbocycles. The Kier molecular flexibility index (Phi) is 4.82. The number of hydrogen-bond donors (Lipinski definition) is 2. The van der Waals surface area contributed by atoms with Crippen LogP contribution >= 0.6 is 27.3 Å². The predicted molar refractivity (Wildman–Crippen MR) is 84.2 cm³/mol. The van der Waals surface area contributed by atoms with Crippen LogP contribution in [0.3, 0.4) is 0 Å². The number of carboxylic acid groups (broad SMARTS) is 1. The summed E-state index contributed by atoms with van der Waals surface area (Å²) in [6, 6.07) is 9.86. The average Bonchev–Trinajstić information content (AvgIpc) is 2.82. The van der Waals surface area contributed by atoms with E-state index in [0.29, 0.717) is 0 Å². The van der Waals surface area contributed by atoms with Crippen molar-refractivity contribution in [1.29, 1.82) is 0 Å². The Labute approximate surface area is 134 Å².